The van der Waals surface area contributed by atoms with Gasteiger partial charge in [0.15, 0.2) is 5.16 Å². The predicted molar refractivity (Wildman–Crippen MR) is 126 cm³/mol. The number of aromatic nitrogens is 3. The van der Waals surface area contributed by atoms with Gasteiger partial charge in [0, 0.05) is 11.7 Å². The van der Waals surface area contributed by atoms with E-state index in [9.17, 15) is 4.79 Å². The van der Waals surface area contributed by atoms with E-state index in [1.165, 1.54) is 31.0 Å². The number of carbonyl (C=O) groups is 1. The zero-order valence-corrected chi connectivity index (χ0v) is 19.3. The van der Waals surface area contributed by atoms with Crippen LogP contribution in [0.3, 0.4) is 0 Å². The van der Waals surface area contributed by atoms with Crippen LogP contribution in [0.5, 0.6) is 0 Å². The standard InChI is InChI=1S/C25H30N4OS/c1-17-14-15-18(2)22(16-17)26-24(30)23(20-10-6-4-7-11-20)31-25-28-27-19(3)29(25)21-12-8-5-9-13-21/h4,6-7,10-11,14-16,21,23H,5,8-9,12-13H2,1-3H3,(H,26,30). The summed E-state index contributed by atoms with van der Waals surface area (Å²) in [6.07, 6.45) is 6.07. The van der Waals surface area contributed by atoms with Crippen LogP contribution in [0.15, 0.2) is 53.7 Å². The van der Waals surface area contributed by atoms with E-state index < -0.39 is 5.25 Å². The fraction of sp³-hybridized carbons (Fsp3) is 0.400. The summed E-state index contributed by atoms with van der Waals surface area (Å²) in [7, 11) is 0. The Labute approximate surface area is 188 Å². The van der Waals surface area contributed by atoms with Crippen LogP contribution in [0.25, 0.3) is 0 Å². The van der Waals surface area contributed by atoms with Crippen LogP contribution in [-0.4, -0.2) is 20.7 Å². The Bertz CT molecular complexity index is 1040. The molecule has 3 aromatic rings. The first kappa shape index (κ1) is 21.6. The highest BCUT2D eigenvalue weighted by molar-refractivity contribution is 8.00. The van der Waals surface area contributed by atoms with Gasteiger partial charge in [0.05, 0.1) is 0 Å². The minimum atomic E-state index is -0.410. The molecule has 5 nitrogen and oxygen atoms in total. The molecular weight excluding hydrogens is 404 g/mol. The molecule has 0 bridgehead atoms. The van der Waals surface area contributed by atoms with E-state index >= 15 is 0 Å². The topological polar surface area (TPSA) is 59.8 Å². The largest absolute Gasteiger partial charge is 0.325 e. The normalized spacial score (nSPS) is 15.6. The average molecular weight is 435 g/mol. The van der Waals surface area contributed by atoms with E-state index in [2.05, 4.69) is 26.1 Å². The van der Waals surface area contributed by atoms with E-state index in [0.717, 1.165) is 46.2 Å². The molecule has 1 aromatic heterocycles. The number of aryl methyl sites for hydroxylation is 3. The van der Waals surface area contributed by atoms with Crippen molar-refractivity contribution >= 4 is 23.4 Å². The van der Waals surface area contributed by atoms with Gasteiger partial charge < -0.3 is 9.88 Å². The molecule has 1 unspecified atom stereocenters. The molecule has 1 heterocycles. The number of carbonyl (C=O) groups excluding carboxylic acids is 1. The van der Waals surface area contributed by atoms with E-state index in [0.29, 0.717) is 6.04 Å². The van der Waals surface area contributed by atoms with Gasteiger partial charge in [-0.2, -0.15) is 0 Å². The highest BCUT2D eigenvalue weighted by Crippen LogP contribution is 2.39. The maximum absolute atomic E-state index is 13.5. The van der Waals surface area contributed by atoms with Gasteiger partial charge in [-0.15, -0.1) is 10.2 Å². The van der Waals surface area contributed by atoms with Crippen LogP contribution >= 0.6 is 11.8 Å². The summed E-state index contributed by atoms with van der Waals surface area (Å²) in [6, 6.07) is 16.5. The lowest BCUT2D eigenvalue weighted by atomic mass is 9.95. The van der Waals surface area contributed by atoms with Gasteiger partial charge in [-0.25, -0.2) is 0 Å². The third-order valence-corrected chi connectivity index (χ3v) is 7.20. The van der Waals surface area contributed by atoms with Crippen molar-refractivity contribution in [3.8, 4) is 0 Å². The number of amides is 1. The molecule has 1 saturated carbocycles. The number of rotatable bonds is 6. The summed E-state index contributed by atoms with van der Waals surface area (Å²) in [6.45, 7) is 6.07. The molecule has 1 atom stereocenters. The van der Waals surface area contributed by atoms with Gasteiger partial charge in [0.25, 0.3) is 0 Å². The molecule has 1 amide bonds. The Morgan fingerprint density at radius 3 is 2.52 bits per heavy atom. The summed E-state index contributed by atoms with van der Waals surface area (Å²) in [5.41, 5.74) is 4.00. The number of nitrogens with zero attached hydrogens (tertiary/aromatic N) is 3. The third kappa shape index (κ3) is 5.01. The summed E-state index contributed by atoms with van der Waals surface area (Å²) in [5.74, 6) is 0.886. The first-order valence-corrected chi connectivity index (χ1v) is 11.9. The second-order valence-corrected chi connectivity index (χ2v) is 9.48. The monoisotopic (exact) mass is 434 g/mol. The Kier molecular flexibility index (Phi) is 6.76. The van der Waals surface area contributed by atoms with Gasteiger partial charge in [-0.3, -0.25) is 4.79 Å². The first-order valence-electron chi connectivity index (χ1n) is 11.0. The van der Waals surface area contributed by atoms with E-state index in [-0.39, 0.29) is 5.91 Å². The van der Waals surface area contributed by atoms with Crippen LogP contribution in [0.1, 0.15) is 65.9 Å². The molecule has 4 rings (SSSR count). The van der Waals surface area contributed by atoms with E-state index in [4.69, 9.17) is 0 Å². The van der Waals surface area contributed by atoms with Gasteiger partial charge in [-0.1, -0.05) is 73.5 Å². The SMILES string of the molecule is Cc1ccc(C)c(NC(=O)C(Sc2nnc(C)n2C2CCCCC2)c2ccccc2)c1. The number of thioether (sulfide) groups is 1. The summed E-state index contributed by atoms with van der Waals surface area (Å²) in [4.78, 5) is 13.5. The molecule has 0 radical (unpaired) electrons. The van der Waals surface area contributed by atoms with Crippen LogP contribution in [0.2, 0.25) is 0 Å². The maximum atomic E-state index is 13.5. The Balaban J connectivity index is 1.64. The second-order valence-electron chi connectivity index (χ2n) is 8.41. The Morgan fingerprint density at radius 1 is 1.03 bits per heavy atom. The molecule has 1 aliphatic carbocycles. The zero-order valence-electron chi connectivity index (χ0n) is 18.5. The predicted octanol–water partition coefficient (Wildman–Crippen LogP) is 6.18. The lowest BCUT2D eigenvalue weighted by Crippen LogP contribution is -2.21. The van der Waals surface area contributed by atoms with Crippen LogP contribution in [-0.2, 0) is 4.79 Å². The summed E-state index contributed by atoms with van der Waals surface area (Å²) >= 11 is 1.50. The molecule has 6 heteroatoms. The van der Waals surface area contributed by atoms with Gasteiger partial charge in [0.1, 0.15) is 11.1 Å². The fourth-order valence-electron chi connectivity index (χ4n) is 4.26. The summed E-state index contributed by atoms with van der Waals surface area (Å²) in [5, 5.41) is 12.4. The van der Waals surface area contributed by atoms with Crippen molar-refractivity contribution in [2.24, 2.45) is 0 Å². The lowest BCUT2D eigenvalue weighted by molar-refractivity contribution is -0.115. The molecule has 1 fully saturated rings. The van der Waals surface area contributed by atoms with Crippen molar-refractivity contribution in [2.75, 3.05) is 5.32 Å². The molecule has 1 aliphatic rings. The molecule has 162 valence electrons. The van der Waals surface area contributed by atoms with E-state index in [1.54, 1.807) is 0 Å². The molecule has 2 aromatic carbocycles. The maximum Gasteiger partial charge on any atom is 0.242 e. The molecule has 1 N–H and O–H groups in total. The number of hydrogen-bond acceptors (Lipinski definition) is 4. The highest BCUT2D eigenvalue weighted by atomic mass is 32.2. The van der Waals surface area contributed by atoms with E-state index in [1.807, 2.05) is 63.2 Å². The fourth-order valence-corrected chi connectivity index (χ4v) is 5.42. The average Bonchev–Trinajstić information content (AvgIpc) is 3.15. The van der Waals surface area contributed by atoms with Crippen molar-refractivity contribution in [3.63, 3.8) is 0 Å². The number of benzene rings is 2. The van der Waals surface area contributed by atoms with Crippen LogP contribution < -0.4 is 5.32 Å². The molecule has 31 heavy (non-hydrogen) atoms. The second kappa shape index (κ2) is 9.69. The van der Waals surface area contributed by atoms with Gasteiger partial charge in [0.2, 0.25) is 5.91 Å². The van der Waals surface area contributed by atoms with Gasteiger partial charge >= 0.3 is 0 Å². The molecular formula is C25H30N4OS. The lowest BCUT2D eigenvalue weighted by Gasteiger charge is -2.26. The van der Waals surface area contributed by atoms with Gasteiger partial charge in [-0.05, 0) is 56.4 Å². The zero-order chi connectivity index (χ0) is 21.8. The first-order chi connectivity index (χ1) is 15.0. The third-order valence-electron chi connectivity index (χ3n) is 5.99. The Morgan fingerprint density at radius 2 is 1.77 bits per heavy atom. The van der Waals surface area contributed by atoms with Crippen LogP contribution in [0.4, 0.5) is 5.69 Å². The van der Waals surface area contributed by atoms with Crippen molar-refractivity contribution in [1.29, 1.82) is 0 Å². The van der Waals surface area contributed by atoms with Crippen molar-refractivity contribution in [3.05, 3.63) is 71.0 Å². The highest BCUT2D eigenvalue weighted by Gasteiger charge is 2.28. The minimum Gasteiger partial charge on any atom is -0.325 e. The number of hydrogen-bond donors (Lipinski definition) is 1. The quantitative estimate of drug-likeness (QED) is 0.471. The molecule has 0 aliphatic heterocycles. The minimum absolute atomic E-state index is 0.0410. The summed E-state index contributed by atoms with van der Waals surface area (Å²) < 4.78 is 2.25. The smallest absolute Gasteiger partial charge is 0.242 e. The van der Waals surface area contributed by atoms with Crippen LogP contribution in [0, 0.1) is 20.8 Å². The molecule has 0 saturated heterocycles. The van der Waals surface area contributed by atoms with Crippen molar-refractivity contribution < 1.29 is 4.79 Å². The number of nitrogens with one attached hydrogen (secondary N) is 1. The number of anilines is 1. The molecule has 0 spiro atoms. The van der Waals surface area contributed by atoms with Crippen molar-refractivity contribution in [2.45, 2.75) is 69.3 Å². The Hall–Kier alpha value is -2.60. The van der Waals surface area contributed by atoms with Crippen molar-refractivity contribution in [1.82, 2.24) is 14.8 Å².